The normalized spacial score (nSPS) is 11.6. The summed E-state index contributed by atoms with van der Waals surface area (Å²) in [5.74, 6) is -0.201. The van der Waals surface area contributed by atoms with Gasteiger partial charge in [-0.05, 0) is 35.2 Å². The molecule has 5 heteroatoms. The minimum Gasteiger partial charge on any atom is -0.351 e. The van der Waals surface area contributed by atoms with Crippen molar-refractivity contribution in [1.29, 1.82) is 0 Å². The number of nitrogens with one attached hydrogen (secondary N) is 3. The van der Waals surface area contributed by atoms with Crippen LogP contribution in [0.4, 0.5) is 0 Å². The van der Waals surface area contributed by atoms with Gasteiger partial charge < -0.3 is 15.3 Å². The average molecular weight is 323 g/mol. The molecule has 2 aromatic heterocycles. The third-order valence-corrected chi connectivity index (χ3v) is 4.00. The molecule has 0 saturated heterocycles. The van der Waals surface area contributed by atoms with Crippen LogP contribution in [0.5, 0.6) is 0 Å². The predicted molar refractivity (Wildman–Crippen MR) is 95.2 cm³/mol. The van der Waals surface area contributed by atoms with E-state index in [2.05, 4.69) is 48.2 Å². The summed E-state index contributed by atoms with van der Waals surface area (Å²) in [5, 5.41) is 3.82. The second kappa shape index (κ2) is 6.00. The maximum Gasteiger partial charge on any atom is 0.268 e. The summed E-state index contributed by atoms with van der Waals surface area (Å²) in [6.07, 6.45) is 0. The van der Waals surface area contributed by atoms with E-state index in [1.54, 1.807) is 12.1 Å². The minimum absolute atomic E-state index is 0.0626. The maximum absolute atomic E-state index is 12.3. The van der Waals surface area contributed by atoms with Crippen LogP contribution >= 0.6 is 0 Å². The number of H-pyrrole nitrogens is 2. The van der Waals surface area contributed by atoms with Crippen LogP contribution in [0.25, 0.3) is 10.9 Å². The van der Waals surface area contributed by atoms with Crippen molar-refractivity contribution in [2.45, 2.75) is 32.7 Å². The first-order chi connectivity index (χ1) is 11.3. The van der Waals surface area contributed by atoms with E-state index in [0.29, 0.717) is 11.4 Å². The van der Waals surface area contributed by atoms with Crippen LogP contribution in [0.15, 0.2) is 47.3 Å². The summed E-state index contributed by atoms with van der Waals surface area (Å²) in [7, 11) is 0. The number of pyridine rings is 1. The van der Waals surface area contributed by atoms with Crippen LogP contribution in [-0.2, 0) is 12.0 Å². The Balaban J connectivity index is 1.78. The predicted octanol–water partition coefficient (Wildman–Crippen LogP) is 3.08. The number of hydrogen-bond donors (Lipinski definition) is 3. The first kappa shape index (κ1) is 16.1. The zero-order chi connectivity index (χ0) is 17.3. The highest BCUT2D eigenvalue weighted by Crippen LogP contribution is 2.26. The van der Waals surface area contributed by atoms with Crippen molar-refractivity contribution in [2.24, 2.45) is 0 Å². The standard InChI is InChI=1S/C19H21N3O2/c1-19(2,3)13-7-8-15-12(9-13)10-16(22-15)18(24)20-11-14-5-4-6-17(23)21-14/h4-10,22H,11H2,1-3H3,(H,20,24)(H,21,23). The number of aromatic amines is 2. The first-order valence-electron chi connectivity index (χ1n) is 7.92. The monoisotopic (exact) mass is 323 g/mol. The first-order valence-corrected chi connectivity index (χ1v) is 7.92. The highest BCUT2D eigenvalue weighted by atomic mass is 16.2. The molecule has 0 aliphatic rings. The number of carbonyl (C=O) groups excluding carboxylic acids is 1. The number of aromatic nitrogens is 2. The van der Waals surface area contributed by atoms with E-state index in [9.17, 15) is 9.59 Å². The van der Waals surface area contributed by atoms with Crippen molar-refractivity contribution in [3.8, 4) is 0 Å². The Hall–Kier alpha value is -2.82. The Kier molecular flexibility index (Phi) is 4.01. The van der Waals surface area contributed by atoms with Gasteiger partial charge in [0.15, 0.2) is 0 Å². The summed E-state index contributed by atoms with van der Waals surface area (Å²) in [6, 6.07) is 12.9. The van der Waals surface area contributed by atoms with Gasteiger partial charge in [-0.3, -0.25) is 9.59 Å². The molecule has 3 aromatic rings. The number of fused-ring (bicyclic) bond motifs is 1. The Bertz CT molecular complexity index is 945. The zero-order valence-corrected chi connectivity index (χ0v) is 14.1. The summed E-state index contributed by atoms with van der Waals surface area (Å²) in [6.45, 7) is 6.76. The third kappa shape index (κ3) is 3.40. The fourth-order valence-electron chi connectivity index (χ4n) is 2.59. The Morgan fingerprint density at radius 3 is 2.58 bits per heavy atom. The summed E-state index contributed by atoms with van der Waals surface area (Å²) < 4.78 is 0. The molecule has 1 aromatic carbocycles. The van der Waals surface area contributed by atoms with Crippen molar-refractivity contribution in [3.63, 3.8) is 0 Å². The second-order valence-electron chi connectivity index (χ2n) is 6.96. The number of amides is 1. The SMILES string of the molecule is CC(C)(C)c1ccc2[nH]c(C(=O)NCc3cccc(=O)[nH]3)cc2c1. The van der Waals surface area contributed by atoms with Gasteiger partial charge in [0.2, 0.25) is 5.56 Å². The third-order valence-electron chi connectivity index (χ3n) is 4.00. The number of rotatable bonds is 3. The van der Waals surface area contributed by atoms with Crippen molar-refractivity contribution >= 4 is 16.8 Å². The minimum atomic E-state index is -0.201. The van der Waals surface area contributed by atoms with Crippen LogP contribution < -0.4 is 10.9 Å². The fourth-order valence-corrected chi connectivity index (χ4v) is 2.59. The van der Waals surface area contributed by atoms with Crippen molar-refractivity contribution in [3.05, 3.63) is 69.8 Å². The smallest absolute Gasteiger partial charge is 0.268 e. The second-order valence-corrected chi connectivity index (χ2v) is 6.96. The van der Waals surface area contributed by atoms with Gasteiger partial charge >= 0.3 is 0 Å². The van der Waals surface area contributed by atoms with Gasteiger partial charge in [0.25, 0.3) is 5.91 Å². The van der Waals surface area contributed by atoms with Crippen LogP contribution in [0.1, 0.15) is 42.5 Å². The van der Waals surface area contributed by atoms with E-state index in [1.807, 2.05) is 12.1 Å². The molecule has 3 N–H and O–H groups in total. The summed E-state index contributed by atoms with van der Waals surface area (Å²) in [4.78, 5) is 29.4. The highest BCUT2D eigenvalue weighted by Gasteiger charge is 2.15. The Labute approximate surface area is 140 Å². The van der Waals surface area contributed by atoms with Crippen LogP contribution in [0, 0.1) is 0 Å². The highest BCUT2D eigenvalue weighted by molar-refractivity contribution is 5.98. The maximum atomic E-state index is 12.3. The molecular formula is C19H21N3O2. The van der Waals surface area contributed by atoms with E-state index in [1.165, 1.54) is 11.6 Å². The number of benzene rings is 1. The quantitative estimate of drug-likeness (QED) is 0.692. The fraction of sp³-hybridized carbons (Fsp3) is 0.263. The van der Waals surface area contributed by atoms with E-state index in [0.717, 1.165) is 10.9 Å². The van der Waals surface area contributed by atoms with E-state index in [4.69, 9.17) is 0 Å². The lowest BCUT2D eigenvalue weighted by Gasteiger charge is -2.18. The van der Waals surface area contributed by atoms with Gasteiger partial charge in [-0.1, -0.05) is 32.9 Å². The van der Waals surface area contributed by atoms with Crippen molar-refractivity contribution < 1.29 is 4.79 Å². The van der Waals surface area contributed by atoms with Gasteiger partial charge in [-0.15, -0.1) is 0 Å². The summed E-state index contributed by atoms with van der Waals surface area (Å²) in [5.41, 5.74) is 3.22. The summed E-state index contributed by atoms with van der Waals surface area (Å²) >= 11 is 0. The van der Waals surface area contributed by atoms with Gasteiger partial charge in [0, 0.05) is 22.7 Å². The molecule has 0 spiro atoms. The lowest BCUT2D eigenvalue weighted by molar-refractivity contribution is 0.0946. The van der Waals surface area contributed by atoms with Crippen LogP contribution in [-0.4, -0.2) is 15.9 Å². The van der Waals surface area contributed by atoms with Crippen molar-refractivity contribution in [1.82, 2.24) is 15.3 Å². The Morgan fingerprint density at radius 1 is 1.08 bits per heavy atom. The van der Waals surface area contributed by atoms with Gasteiger partial charge in [0.05, 0.1) is 6.54 Å². The molecule has 124 valence electrons. The molecule has 0 atom stereocenters. The molecule has 0 aliphatic carbocycles. The van der Waals surface area contributed by atoms with Crippen LogP contribution in [0.3, 0.4) is 0 Å². The molecular weight excluding hydrogens is 302 g/mol. The molecule has 0 radical (unpaired) electrons. The molecule has 2 heterocycles. The molecule has 0 aliphatic heterocycles. The van der Waals surface area contributed by atoms with Crippen LogP contribution in [0.2, 0.25) is 0 Å². The zero-order valence-electron chi connectivity index (χ0n) is 14.1. The molecule has 0 fully saturated rings. The van der Waals surface area contributed by atoms with Gasteiger partial charge in [0.1, 0.15) is 5.69 Å². The van der Waals surface area contributed by atoms with E-state index >= 15 is 0 Å². The van der Waals surface area contributed by atoms with Gasteiger partial charge in [-0.25, -0.2) is 0 Å². The lowest BCUT2D eigenvalue weighted by Crippen LogP contribution is -2.24. The number of hydrogen-bond acceptors (Lipinski definition) is 2. The molecule has 0 saturated carbocycles. The molecule has 0 unspecified atom stereocenters. The average Bonchev–Trinajstić information content (AvgIpc) is 2.95. The van der Waals surface area contributed by atoms with Crippen molar-refractivity contribution in [2.75, 3.05) is 0 Å². The number of carbonyl (C=O) groups is 1. The largest absolute Gasteiger partial charge is 0.351 e. The lowest BCUT2D eigenvalue weighted by atomic mass is 9.86. The Morgan fingerprint density at radius 2 is 1.88 bits per heavy atom. The van der Waals surface area contributed by atoms with E-state index in [-0.39, 0.29) is 23.4 Å². The topological polar surface area (TPSA) is 77.8 Å². The molecule has 5 nitrogen and oxygen atoms in total. The molecule has 0 bridgehead atoms. The molecule has 1 amide bonds. The van der Waals surface area contributed by atoms with E-state index < -0.39 is 0 Å². The molecule has 24 heavy (non-hydrogen) atoms. The van der Waals surface area contributed by atoms with Gasteiger partial charge in [-0.2, -0.15) is 0 Å². The molecule has 3 rings (SSSR count).